The number of thiol groups is 1. The summed E-state index contributed by atoms with van der Waals surface area (Å²) in [6.45, 7) is 12.8. The summed E-state index contributed by atoms with van der Waals surface area (Å²) in [5.74, 6) is 1.02. The molecule has 0 aromatic rings. The predicted octanol–water partition coefficient (Wildman–Crippen LogP) is 3.01. The van der Waals surface area contributed by atoms with Crippen molar-refractivity contribution in [2.24, 2.45) is 10.4 Å². The Labute approximate surface area is 88.0 Å². The molecular formula is C10H22N2S. The van der Waals surface area contributed by atoms with Gasteiger partial charge in [-0.25, -0.2) is 0 Å². The molecule has 0 saturated carbocycles. The van der Waals surface area contributed by atoms with Crippen molar-refractivity contribution in [3.05, 3.63) is 0 Å². The predicted molar refractivity (Wildman–Crippen MR) is 63.4 cm³/mol. The first kappa shape index (κ1) is 12.8. The van der Waals surface area contributed by atoms with Crippen LogP contribution >= 0.6 is 12.8 Å². The molecule has 3 heteroatoms. The molecule has 0 aliphatic carbocycles. The summed E-state index contributed by atoms with van der Waals surface area (Å²) in [5, 5.41) is 0. The van der Waals surface area contributed by atoms with Crippen LogP contribution in [0.2, 0.25) is 0 Å². The van der Waals surface area contributed by atoms with Crippen molar-refractivity contribution in [3.63, 3.8) is 0 Å². The number of amidine groups is 1. The van der Waals surface area contributed by atoms with Crippen molar-refractivity contribution in [1.29, 1.82) is 0 Å². The highest BCUT2D eigenvalue weighted by molar-refractivity contribution is 7.78. The minimum Gasteiger partial charge on any atom is -0.301 e. The Balaban J connectivity index is 4.84. The van der Waals surface area contributed by atoms with E-state index in [0.717, 1.165) is 5.84 Å². The van der Waals surface area contributed by atoms with Gasteiger partial charge in [0.1, 0.15) is 5.84 Å². The first-order chi connectivity index (χ1) is 5.60. The van der Waals surface area contributed by atoms with Crippen LogP contribution < -0.4 is 0 Å². The summed E-state index contributed by atoms with van der Waals surface area (Å²) < 4.78 is 1.94. The molecule has 2 nitrogen and oxygen atoms in total. The molecule has 0 amide bonds. The number of rotatable bonds is 0. The lowest BCUT2D eigenvalue weighted by Gasteiger charge is -2.38. The standard InChI is InChI=1S/C10H22N2S/c1-9(2,3)8(11-7)12(13)10(4,5)6/h13H,1-7H3/b11-8-. The van der Waals surface area contributed by atoms with E-state index >= 15 is 0 Å². The highest BCUT2D eigenvalue weighted by atomic mass is 32.1. The zero-order valence-electron chi connectivity index (χ0n) is 9.84. The van der Waals surface area contributed by atoms with E-state index in [9.17, 15) is 0 Å². The molecular weight excluding hydrogens is 180 g/mol. The molecule has 0 aliphatic heterocycles. The maximum Gasteiger partial charge on any atom is 0.114 e. The van der Waals surface area contributed by atoms with Crippen LogP contribution in [0.1, 0.15) is 41.5 Å². The second-order valence-corrected chi connectivity index (χ2v) is 5.68. The minimum atomic E-state index is 0.00519. The summed E-state index contributed by atoms with van der Waals surface area (Å²) in [5.41, 5.74) is 0.0506. The van der Waals surface area contributed by atoms with Crippen LogP contribution in [-0.2, 0) is 0 Å². The van der Waals surface area contributed by atoms with Gasteiger partial charge in [-0.05, 0) is 20.8 Å². The van der Waals surface area contributed by atoms with Gasteiger partial charge in [-0.15, -0.1) is 0 Å². The van der Waals surface area contributed by atoms with Gasteiger partial charge in [0.2, 0.25) is 0 Å². The molecule has 13 heavy (non-hydrogen) atoms. The van der Waals surface area contributed by atoms with Crippen molar-refractivity contribution >= 4 is 18.7 Å². The maximum absolute atomic E-state index is 4.48. The van der Waals surface area contributed by atoms with Crippen LogP contribution in [0.15, 0.2) is 4.99 Å². The number of aliphatic imine (C=N–C) groups is 1. The third-order valence-electron chi connectivity index (χ3n) is 1.72. The maximum atomic E-state index is 4.48. The first-order valence-corrected chi connectivity index (χ1v) is 4.97. The normalized spacial score (nSPS) is 14.6. The van der Waals surface area contributed by atoms with E-state index in [2.05, 4.69) is 59.3 Å². The highest BCUT2D eigenvalue weighted by Crippen LogP contribution is 2.26. The molecule has 0 unspecified atom stereocenters. The Kier molecular flexibility index (Phi) is 3.85. The van der Waals surface area contributed by atoms with E-state index in [4.69, 9.17) is 0 Å². The van der Waals surface area contributed by atoms with Crippen LogP contribution in [0, 0.1) is 5.41 Å². The topological polar surface area (TPSA) is 15.6 Å². The summed E-state index contributed by atoms with van der Waals surface area (Å²) in [7, 11) is 1.82. The average Bonchev–Trinajstić information content (AvgIpc) is 1.83. The fourth-order valence-corrected chi connectivity index (χ4v) is 1.45. The van der Waals surface area contributed by atoms with Crippen LogP contribution in [0.5, 0.6) is 0 Å². The summed E-state index contributed by atoms with van der Waals surface area (Å²) in [6.07, 6.45) is 0. The molecule has 0 atom stereocenters. The molecule has 0 bridgehead atoms. The van der Waals surface area contributed by atoms with Gasteiger partial charge in [-0.1, -0.05) is 33.6 Å². The van der Waals surface area contributed by atoms with Gasteiger partial charge in [0.25, 0.3) is 0 Å². The molecule has 0 N–H and O–H groups in total. The summed E-state index contributed by atoms with van der Waals surface area (Å²) in [6, 6.07) is 0. The largest absolute Gasteiger partial charge is 0.301 e. The molecule has 0 saturated heterocycles. The lowest BCUT2D eigenvalue weighted by atomic mass is 9.93. The molecule has 0 rings (SSSR count). The van der Waals surface area contributed by atoms with Crippen LogP contribution in [0.3, 0.4) is 0 Å². The first-order valence-electron chi connectivity index (χ1n) is 4.57. The van der Waals surface area contributed by atoms with Gasteiger partial charge < -0.3 is 4.31 Å². The molecule has 0 spiro atoms. The van der Waals surface area contributed by atoms with Gasteiger partial charge >= 0.3 is 0 Å². The monoisotopic (exact) mass is 202 g/mol. The Morgan fingerprint density at radius 3 is 1.54 bits per heavy atom. The Morgan fingerprint density at radius 1 is 1.08 bits per heavy atom. The van der Waals surface area contributed by atoms with E-state index in [1.807, 2.05) is 11.4 Å². The van der Waals surface area contributed by atoms with Gasteiger partial charge in [-0.3, -0.25) is 4.99 Å². The second kappa shape index (κ2) is 3.91. The minimum absolute atomic E-state index is 0.00519. The number of nitrogens with zero attached hydrogens (tertiary/aromatic N) is 2. The third kappa shape index (κ3) is 3.59. The lowest BCUT2D eigenvalue weighted by Crippen LogP contribution is -2.44. The van der Waals surface area contributed by atoms with Crippen molar-refractivity contribution in [2.45, 2.75) is 47.1 Å². The molecule has 0 fully saturated rings. The summed E-state index contributed by atoms with van der Waals surface area (Å²) >= 11 is 4.48. The average molecular weight is 202 g/mol. The summed E-state index contributed by atoms with van der Waals surface area (Å²) in [4.78, 5) is 4.29. The molecule has 0 aromatic heterocycles. The molecule has 78 valence electrons. The molecule has 0 heterocycles. The zero-order chi connectivity index (χ0) is 10.9. The highest BCUT2D eigenvalue weighted by Gasteiger charge is 2.29. The molecule has 0 aliphatic rings. The van der Waals surface area contributed by atoms with Crippen LogP contribution in [0.25, 0.3) is 0 Å². The van der Waals surface area contributed by atoms with E-state index in [1.54, 1.807) is 0 Å². The van der Waals surface area contributed by atoms with Crippen molar-refractivity contribution in [3.8, 4) is 0 Å². The number of hydrogen-bond donors (Lipinski definition) is 1. The van der Waals surface area contributed by atoms with Crippen molar-refractivity contribution in [2.75, 3.05) is 7.05 Å². The zero-order valence-corrected chi connectivity index (χ0v) is 10.7. The Bertz CT molecular complexity index is 196. The lowest BCUT2D eigenvalue weighted by molar-refractivity contribution is 0.350. The van der Waals surface area contributed by atoms with E-state index in [-0.39, 0.29) is 11.0 Å². The number of hydrogen-bond acceptors (Lipinski definition) is 2. The fraction of sp³-hybridized carbons (Fsp3) is 0.900. The SMILES string of the molecule is C/N=C(\N(S)C(C)(C)C)C(C)(C)C. The van der Waals surface area contributed by atoms with Crippen LogP contribution in [-0.4, -0.2) is 22.7 Å². The third-order valence-corrected chi connectivity index (χ3v) is 2.51. The van der Waals surface area contributed by atoms with E-state index in [1.165, 1.54) is 0 Å². The fourth-order valence-electron chi connectivity index (χ4n) is 1.07. The van der Waals surface area contributed by atoms with Gasteiger partial charge in [0.15, 0.2) is 0 Å². The van der Waals surface area contributed by atoms with Gasteiger partial charge in [0.05, 0.1) is 0 Å². The molecule has 0 radical (unpaired) electrons. The molecule has 0 aromatic carbocycles. The quantitative estimate of drug-likeness (QED) is 0.363. The Hall–Kier alpha value is -0.180. The van der Waals surface area contributed by atoms with Gasteiger partial charge in [0, 0.05) is 18.0 Å². The van der Waals surface area contributed by atoms with Crippen molar-refractivity contribution < 1.29 is 0 Å². The second-order valence-electron chi connectivity index (χ2n) is 5.28. The van der Waals surface area contributed by atoms with Crippen LogP contribution in [0.4, 0.5) is 0 Å². The smallest absolute Gasteiger partial charge is 0.114 e. The van der Waals surface area contributed by atoms with E-state index < -0.39 is 0 Å². The van der Waals surface area contributed by atoms with Crippen molar-refractivity contribution in [1.82, 2.24) is 4.31 Å². The van der Waals surface area contributed by atoms with Gasteiger partial charge in [-0.2, -0.15) is 0 Å². The van der Waals surface area contributed by atoms with E-state index in [0.29, 0.717) is 0 Å². The Morgan fingerprint density at radius 2 is 1.46 bits per heavy atom.